The lowest BCUT2D eigenvalue weighted by Gasteiger charge is -2.08. The Labute approximate surface area is 119 Å². The first kappa shape index (κ1) is 12.2. The highest BCUT2D eigenvalue weighted by Gasteiger charge is 2.14. The predicted octanol–water partition coefficient (Wildman–Crippen LogP) is 3.46. The molecule has 3 aromatic rings. The van der Waals surface area contributed by atoms with Crippen molar-refractivity contribution in [3.05, 3.63) is 41.1 Å². The number of nitrogen functional groups attached to an aromatic ring is 1. The molecule has 0 bridgehead atoms. The molecule has 5 heteroatoms. The van der Waals surface area contributed by atoms with Gasteiger partial charge in [0.2, 0.25) is 0 Å². The van der Waals surface area contributed by atoms with Gasteiger partial charge in [0.1, 0.15) is 11.3 Å². The van der Waals surface area contributed by atoms with Crippen LogP contribution in [0, 0.1) is 0 Å². The Balaban J connectivity index is 2.33. The van der Waals surface area contributed by atoms with Gasteiger partial charge in [-0.15, -0.1) is 0 Å². The summed E-state index contributed by atoms with van der Waals surface area (Å²) in [4.78, 5) is 8.79. The first-order valence-corrected chi connectivity index (χ1v) is 6.85. The number of nitrogens with two attached hydrogens (primary N) is 1. The number of aryl methyl sites for hydroxylation is 1. The lowest BCUT2D eigenvalue weighted by atomic mass is 10.2. The summed E-state index contributed by atoms with van der Waals surface area (Å²) < 4.78 is 3.15. The van der Waals surface area contributed by atoms with Gasteiger partial charge in [0.15, 0.2) is 0 Å². The van der Waals surface area contributed by atoms with E-state index in [-0.39, 0.29) is 0 Å². The minimum atomic E-state index is 0.728. The summed E-state index contributed by atoms with van der Waals surface area (Å²) in [5.41, 5.74) is 9.59. The molecule has 2 N–H and O–H groups in total. The van der Waals surface area contributed by atoms with Crippen molar-refractivity contribution in [2.75, 3.05) is 5.73 Å². The van der Waals surface area contributed by atoms with Crippen LogP contribution in [0.2, 0.25) is 0 Å². The zero-order valence-corrected chi connectivity index (χ0v) is 12.1. The van der Waals surface area contributed by atoms with Gasteiger partial charge in [0.05, 0.1) is 11.7 Å². The second-order valence-corrected chi connectivity index (χ2v) is 5.14. The summed E-state index contributed by atoms with van der Waals surface area (Å²) in [6.45, 7) is 2.95. The molecule has 0 aliphatic heterocycles. The lowest BCUT2D eigenvalue weighted by Crippen LogP contribution is -1.98. The van der Waals surface area contributed by atoms with E-state index in [1.165, 1.54) is 0 Å². The van der Waals surface area contributed by atoms with E-state index in [0.29, 0.717) is 0 Å². The van der Waals surface area contributed by atoms with Crippen LogP contribution in [0.5, 0.6) is 0 Å². The van der Waals surface area contributed by atoms with E-state index in [4.69, 9.17) is 5.73 Å². The van der Waals surface area contributed by atoms with Gasteiger partial charge in [-0.2, -0.15) is 0 Å². The Morgan fingerprint density at radius 1 is 1.32 bits per heavy atom. The minimum absolute atomic E-state index is 0.728. The normalized spacial score (nSPS) is 11.1. The molecule has 2 heterocycles. The van der Waals surface area contributed by atoms with E-state index in [1.54, 1.807) is 12.4 Å². The molecular weight excluding hydrogens is 304 g/mol. The van der Waals surface area contributed by atoms with Crippen molar-refractivity contribution in [2.45, 2.75) is 13.5 Å². The van der Waals surface area contributed by atoms with Crippen molar-refractivity contribution in [3.63, 3.8) is 0 Å². The fourth-order valence-electron chi connectivity index (χ4n) is 2.22. The van der Waals surface area contributed by atoms with Crippen molar-refractivity contribution in [1.82, 2.24) is 14.5 Å². The topological polar surface area (TPSA) is 56.7 Å². The number of anilines is 1. The summed E-state index contributed by atoms with van der Waals surface area (Å²) in [7, 11) is 0. The molecule has 1 aromatic carbocycles. The smallest absolute Gasteiger partial charge is 0.142 e. The Bertz CT molecular complexity index is 748. The van der Waals surface area contributed by atoms with Crippen molar-refractivity contribution in [2.24, 2.45) is 0 Å². The molecule has 0 unspecified atom stereocenters. The first-order valence-electron chi connectivity index (χ1n) is 6.06. The number of benzene rings is 1. The van der Waals surface area contributed by atoms with E-state index in [2.05, 4.69) is 37.4 Å². The molecule has 4 nitrogen and oxygen atoms in total. The van der Waals surface area contributed by atoms with Crippen molar-refractivity contribution in [1.29, 1.82) is 0 Å². The standard InChI is InChI=1S/C14H13BrN4/c1-2-19-13-5-6-17-8-12(13)18-14(19)10-7-9(16)3-4-11(10)15/h3-8H,2,16H2,1H3. The number of imidazole rings is 1. The van der Waals surface area contributed by atoms with Crippen LogP contribution in [0.25, 0.3) is 22.4 Å². The van der Waals surface area contributed by atoms with E-state index < -0.39 is 0 Å². The Kier molecular flexibility index (Phi) is 2.98. The van der Waals surface area contributed by atoms with Crippen LogP contribution in [0.1, 0.15) is 6.92 Å². The fourth-order valence-corrected chi connectivity index (χ4v) is 2.65. The zero-order valence-electron chi connectivity index (χ0n) is 10.5. The number of halogens is 1. The van der Waals surface area contributed by atoms with Gasteiger partial charge in [-0.1, -0.05) is 15.9 Å². The molecule has 0 radical (unpaired) electrons. The number of aromatic nitrogens is 3. The summed E-state index contributed by atoms with van der Waals surface area (Å²) in [5.74, 6) is 0.907. The average Bonchev–Trinajstić information content (AvgIpc) is 2.79. The summed E-state index contributed by atoms with van der Waals surface area (Å²) in [6.07, 6.45) is 3.57. The average molecular weight is 317 g/mol. The molecule has 0 aliphatic rings. The largest absolute Gasteiger partial charge is 0.399 e. The third-order valence-corrected chi connectivity index (χ3v) is 3.79. The van der Waals surface area contributed by atoms with Crippen LogP contribution in [0.3, 0.4) is 0 Å². The SMILES string of the molecule is CCn1c(-c2cc(N)ccc2Br)nc2cnccc21. The highest BCUT2D eigenvalue weighted by Crippen LogP contribution is 2.31. The molecular formula is C14H13BrN4. The number of pyridine rings is 1. The molecule has 0 atom stereocenters. The van der Waals surface area contributed by atoms with E-state index in [9.17, 15) is 0 Å². The molecule has 0 amide bonds. The summed E-state index contributed by atoms with van der Waals surface area (Å²) >= 11 is 3.56. The second-order valence-electron chi connectivity index (χ2n) is 4.28. The van der Waals surface area contributed by atoms with Gasteiger partial charge >= 0.3 is 0 Å². The fraction of sp³-hybridized carbons (Fsp3) is 0.143. The molecule has 3 rings (SSSR count). The van der Waals surface area contributed by atoms with Gasteiger partial charge in [-0.3, -0.25) is 4.98 Å². The van der Waals surface area contributed by atoms with Crippen LogP contribution < -0.4 is 5.73 Å². The van der Waals surface area contributed by atoms with Gasteiger partial charge in [0.25, 0.3) is 0 Å². The number of hydrogen-bond donors (Lipinski definition) is 1. The van der Waals surface area contributed by atoms with Crippen molar-refractivity contribution in [3.8, 4) is 11.4 Å². The number of rotatable bonds is 2. The van der Waals surface area contributed by atoms with Gasteiger partial charge in [0, 0.05) is 28.5 Å². The molecule has 2 aromatic heterocycles. The van der Waals surface area contributed by atoms with Crippen LogP contribution in [-0.4, -0.2) is 14.5 Å². The van der Waals surface area contributed by atoms with Crippen LogP contribution in [-0.2, 0) is 6.54 Å². The highest BCUT2D eigenvalue weighted by molar-refractivity contribution is 9.10. The molecule has 0 fully saturated rings. The Morgan fingerprint density at radius 2 is 2.16 bits per heavy atom. The van der Waals surface area contributed by atoms with E-state index in [1.807, 2.05) is 24.3 Å². The first-order chi connectivity index (χ1) is 9.20. The number of hydrogen-bond acceptors (Lipinski definition) is 3. The third-order valence-electron chi connectivity index (χ3n) is 3.10. The number of fused-ring (bicyclic) bond motifs is 1. The Morgan fingerprint density at radius 3 is 2.95 bits per heavy atom. The quantitative estimate of drug-likeness (QED) is 0.736. The van der Waals surface area contributed by atoms with E-state index in [0.717, 1.165) is 39.1 Å². The molecule has 19 heavy (non-hydrogen) atoms. The van der Waals surface area contributed by atoms with Gasteiger partial charge in [-0.05, 0) is 31.2 Å². The lowest BCUT2D eigenvalue weighted by molar-refractivity contribution is 0.796. The van der Waals surface area contributed by atoms with E-state index >= 15 is 0 Å². The highest BCUT2D eigenvalue weighted by atomic mass is 79.9. The maximum Gasteiger partial charge on any atom is 0.142 e. The predicted molar refractivity (Wildman–Crippen MR) is 80.8 cm³/mol. The van der Waals surface area contributed by atoms with Crippen LogP contribution in [0.4, 0.5) is 5.69 Å². The molecule has 96 valence electrons. The summed E-state index contributed by atoms with van der Waals surface area (Å²) in [6, 6.07) is 7.73. The second kappa shape index (κ2) is 4.66. The molecule has 0 spiro atoms. The van der Waals surface area contributed by atoms with Crippen LogP contribution in [0.15, 0.2) is 41.1 Å². The maximum absolute atomic E-state index is 5.88. The monoisotopic (exact) mass is 316 g/mol. The van der Waals surface area contributed by atoms with Crippen molar-refractivity contribution >= 4 is 32.7 Å². The maximum atomic E-state index is 5.88. The zero-order chi connectivity index (χ0) is 13.4. The summed E-state index contributed by atoms with van der Waals surface area (Å²) in [5, 5.41) is 0. The number of nitrogens with zero attached hydrogens (tertiary/aromatic N) is 3. The Hall–Kier alpha value is -1.88. The molecule has 0 saturated carbocycles. The van der Waals surface area contributed by atoms with Gasteiger partial charge in [-0.25, -0.2) is 4.98 Å². The third kappa shape index (κ3) is 2.00. The molecule has 0 aliphatic carbocycles. The van der Waals surface area contributed by atoms with Crippen LogP contribution >= 0.6 is 15.9 Å². The van der Waals surface area contributed by atoms with Crippen molar-refractivity contribution < 1.29 is 0 Å². The van der Waals surface area contributed by atoms with Gasteiger partial charge < -0.3 is 10.3 Å². The minimum Gasteiger partial charge on any atom is -0.399 e. The molecule has 0 saturated heterocycles.